The van der Waals surface area contributed by atoms with E-state index < -0.39 is 0 Å². The lowest BCUT2D eigenvalue weighted by molar-refractivity contribution is -0.135. The fourth-order valence-electron chi connectivity index (χ4n) is 4.82. The Morgan fingerprint density at radius 2 is 1.82 bits per heavy atom. The van der Waals surface area contributed by atoms with Crippen LogP contribution >= 0.6 is 22.6 Å². The second-order valence-corrected chi connectivity index (χ2v) is 8.00. The summed E-state index contributed by atoms with van der Waals surface area (Å²) in [6.07, 6.45) is 6.24. The minimum atomic E-state index is -0.0590. The van der Waals surface area contributed by atoms with Crippen molar-refractivity contribution >= 4 is 28.4 Å². The average Bonchev–Trinajstić information content (AvgIpc) is 2.52. The Balaban J connectivity index is 2.39. The fraction of sp³-hybridized carbons (Fsp3) is 0.933. The predicted molar refractivity (Wildman–Crippen MR) is 80.5 cm³/mol. The van der Waals surface area contributed by atoms with E-state index in [1.807, 2.05) is 0 Å². The Morgan fingerprint density at radius 1 is 1.18 bits per heavy atom. The van der Waals surface area contributed by atoms with Gasteiger partial charge >= 0.3 is 0 Å². The molecule has 98 valence electrons. The molecule has 0 aliphatic heterocycles. The van der Waals surface area contributed by atoms with E-state index in [2.05, 4.69) is 50.3 Å². The van der Waals surface area contributed by atoms with Gasteiger partial charge in [0.2, 0.25) is 0 Å². The van der Waals surface area contributed by atoms with Crippen LogP contribution in [-0.4, -0.2) is 10.2 Å². The Kier molecular flexibility index (Phi) is 3.42. The summed E-state index contributed by atoms with van der Waals surface area (Å²) in [6, 6.07) is 0. The number of halogens is 1. The maximum Gasteiger partial charge on any atom is 0.148 e. The Hall–Kier alpha value is 0.400. The minimum absolute atomic E-state index is 0.0590. The highest BCUT2D eigenvalue weighted by Gasteiger charge is 2.61. The van der Waals surface area contributed by atoms with Gasteiger partial charge in [0.15, 0.2) is 0 Å². The molecule has 0 aromatic heterocycles. The normalized spacial score (nSPS) is 44.4. The number of carbonyl (C=O) groups is 1. The van der Waals surface area contributed by atoms with Crippen LogP contribution in [0.3, 0.4) is 0 Å². The standard InChI is InChI=1S/C15H25IO/c1-13(2)7-5-8-14(3)11(13)6-9-15(14,4)12(17)10-16/h11H,5-10H2,1-4H3/t11?,14-,15-/m0/s1. The van der Waals surface area contributed by atoms with E-state index in [1.54, 1.807) is 0 Å². The molecule has 2 heteroatoms. The van der Waals surface area contributed by atoms with Crippen LogP contribution in [0.1, 0.15) is 59.8 Å². The van der Waals surface area contributed by atoms with Gasteiger partial charge in [0, 0.05) is 5.41 Å². The van der Waals surface area contributed by atoms with Gasteiger partial charge in [-0.2, -0.15) is 0 Å². The molecule has 0 aromatic carbocycles. The van der Waals surface area contributed by atoms with Gasteiger partial charge in [-0.25, -0.2) is 0 Å². The van der Waals surface area contributed by atoms with Gasteiger partial charge in [0.1, 0.15) is 5.78 Å². The van der Waals surface area contributed by atoms with Crippen LogP contribution in [-0.2, 0) is 4.79 Å². The Bertz CT molecular complexity index is 336. The maximum absolute atomic E-state index is 12.4. The molecule has 0 radical (unpaired) electrons. The summed E-state index contributed by atoms with van der Waals surface area (Å²) < 4.78 is 0.678. The van der Waals surface area contributed by atoms with Crippen LogP contribution in [0.2, 0.25) is 0 Å². The molecule has 0 aromatic rings. The largest absolute Gasteiger partial charge is 0.298 e. The van der Waals surface area contributed by atoms with Gasteiger partial charge in [-0.1, -0.05) is 56.7 Å². The highest BCUT2D eigenvalue weighted by molar-refractivity contribution is 14.1. The third-order valence-corrected chi connectivity index (χ3v) is 6.85. The van der Waals surface area contributed by atoms with Crippen molar-refractivity contribution in [3.05, 3.63) is 0 Å². The summed E-state index contributed by atoms with van der Waals surface area (Å²) >= 11 is 2.24. The Morgan fingerprint density at radius 3 is 2.41 bits per heavy atom. The molecule has 0 N–H and O–H groups in total. The van der Waals surface area contributed by atoms with Gasteiger partial charge in [0.25, 0.3) is 0 Å². The number of alkyl halides is 1. The van der Waals surface area contributed by atoms with Crippen molar-refractivity contribution in [2.45, 2.75) is 59.8 Å². The molecule has 2 aliphatic rings. The maximum atomic E-state index is 12.4. The molecule has 2 fully saturated rings. The molecule has 1 nitrogen and oxygen atoms in total. The highest BCUT2D eigenvalue weighted by Crippen LogP contribution is 2.66. The Labute approximate surface area is 119 Å². The minimum Gasteiger partial charge on any atom is -0.298 e. The molecule has 0 saturated heterocycles. The zero-order chi connectivity index (χ0) is 12.9. The van der Waals surface area contributed by atoms with Crippen LogP contribution in [0.4, 0.5) is 0 Å². The number of Topliss-reactive ketones (excluding diaryl/α,β-unsaturated/α-hetero) is 1. The molecule has 3 atom stereocenters. The molecule has 0 heterocycles. The van der Waals surface area contributed by atoms with Gasteiger partial charge < -0.3 is 0 Å². The van der Waals surface area contributed by atoms with E-state index in [4.69, 9.17) is 0 Å². The van der Waals surface area contributed by atoms with Gasteiger partial charge in [-0.15, -0.1) is 0 Å². The lowest BCUT2D eigenvalue weighted by atomic mass is 9.51. The van der Waals surface area contributed by atoms with Crippen LogP contribution < -0.4 is 0 Å². The van der Waals surface area contributed by atoms with Gasteiger partial charge in [0.05, 0.1) is 4.43 Å². The third kappa shape index (κ3) is 1.81. The number of hydrogen-bond acceptors (Lipinski definition) is 1. The van der Waals surface area contributed by atoms with Crippen LogP contribution in [0.5, 0.6) is 0 Å². The van der Waals surface area contributed by atoms with E-state index >= 15 is 0 Å². The molecule has 1 unspecified atom stereocenters. The van der Waals surface area contributed by atoms with Gasteiger partial charge in [-0.05, 0) is 42.4 Å². The molecular weight excluding hydrogens is 323 g/mol. The first-order valence-electron chi connectivity index (χ1n) is 6.87. The zero-order valence-electron chi connectivity index (χ0n) is 11.6. The smallest absolute Gasteiger partial charge is 0.148 e. The monoisotopic (exact) mass is 348 g/mol. The summed E-state index contributed by atoms with van der Waals surface area (Å²) in [5.41, 5.74) is 0.615. The molecular formula is C15H25IO. The molecule has 17 heavy (non-hydrogen) atoms. The summed E-state index contributed by atoms with van der Waals surface area (Å²) in [5.74, 6) is 1.22. The van der Waals surface area contributed by atoms with Gasteiger partial charge in [-0.3, -0.25) is 4.79 Å². The third-order valence-electron chi connectivity index (χ3n) is 6.16. The van der Waals surface area contributed by atoms with Crippen molar-refractivity contribution in [3.8, 4) is 0 Å². The topological polar surface area (TPSA) is 17.1 Å². The molecule has 0 spiro atoms. The van der Waals surface area contributed by atoms with Crippen LogP contribution in [0, 0.1) is 22.2 Å². The first-order valence-corrected chi connectivity index (χ1v) is 8.40. The van der Waals surface area contributed by atoms with Crippen molar-refractivity contribution in [1.82, 2.24) is 0 Å². The highest BCUT2D eigenvalue weighted by atomic mass is 127. The first kappa shape index (κ1) is 13.8. The van der Waals surface area contributed by atoms with E-state index in [0.717, 1.165) is 12.3 Å². The SMILES string of the molecule is CC1(C)CCC[C@@]2(C)C1CC[C@@]2(C)C(=O)CI. The molecule has 0 bridgehead atoms. The summed E-state index contributed by atoms with van der Waals surface area (Å²) in [6.45, 7) is 9.47. The summed E-state index contributed by atoms with van der Waals surface area (Å²) in [4.78, 5) is 12.4. The van der Waals surface area contributed by atoms with E-state index in [-0.39, 0.29) is 10.8 Å². The quantitative estimate of drug-likeness (QED) is 0.526. The molecule has 0 amide bonds. The number of ketones is 1. The van der Waals surface area contributed by atoms with Crippen molar-refractivity contribution in [2.24, 2.45) is 22.2 Å². The molecule has 2 aliphatic carbocycles. The van der Waals surface area contributed by atoms with Crippen molar-refractivity contribution in [1.29, 1.82) is 0 Å². The second kappa shape index (κ2) is 4.21. The van der Waals surface area contributed by atoms with Crippen molar-refractivity contribution in [3.63, 3.8) is 0 Å². The summed E-state index contributed by atoms with van der Waals surface area (Å²) in [7, 11) is 0. The number of hydrogen-bond donors (Lipinski definition) is 0. The molecule has 2 saturated carbocycles. The fourth-order valence-corrected chi connectivity index (χ4v) is 5.66. The zero-order valence-corrected chi connectivity index (χ0v) is 13.8. The first-order chi connectivity index (χ1) is 7.78. The second-order valence-electron chi connectivity index (χ2n) is 7.24. The number of fused-ring (bicyclic) bond motifs is 1. The van der Waals surface area contributed by atoms with E-state index in [1.165, 1.54) is 25.7 Å². The average molecular weight is 348 g/mol. The predicted octanol–water partition coefficient (Wildman–Crippen LogP) is 4.62. The van der Waals surface area contributed by atoms with Crippen molar-refractivity contribution < 1.29 is 4.79 Å². The van der Waals surface area contributed by atoms with Crippen LogP contribution in [0.15, 0.2) is 0 Å². The van der Waals surface area contributed by atoms with E-state index in [9.17, 15) is 4.79 Å². The number of rotatable bonds is 2. The lowest BCUT2D eigenvalue weighted by Gasteiger charge is -2.52. The summed E-state index contributed by atoms with van der Waals surface area (Å²) in [5, 5.41) is 0. The molecule has 2 rings (SSSR count). The van der Waals surface area contributed by atoms with Crippen LogP contribution in [0.25, 0.3) is 0 Å². The number of carbonyl (C=O) groups excluding carboxylic acids is 1. The van der Waals surface area contributed by atoms with Crippen molar-refractivity contribution in [2.75, 3.05) is 4.43 Å². The van der Waals surface area contributed by atoms with E-state index in [0.29, 0.717) is 15.6 Å². The lowest BCUT2D eigenvalue weighted by Crippen LogP contribution is -2.49.